The van der Waals surface area contributed by atoms with Gasteiger partial charge in [-0.15, -0.1) is 0 Å². The van der Waals surface area contributed by atoms with Gasteiger partial charge in [0.15, 0.2) is 0 Å². The first-order valence-electron chi connectivity index (χ1n) is 13.7. The monoisotopic (exact) mass is 479 g/mol. The predicted molar refractivity (Wildman–Crippen MR) is 144 cm³/mol. The van der Waals surface area contributed by atoms with Gasteiger partial charge in [0.2, 0.25) is 5.91 Å². The summed E-state index contributed by atoms with van der Waals surface area (Å²) < 4.78 is 0. The molecule has 0 aromatic rings. The summed E-state index contributed by atoms with van der Waals surface area (Å²) in [5, 5.41) is 32.6. The third-order valence-corrected chi connectivity index (χ3v) is 6.00. The quantitative estimate of drug-likeness (QED) is 0.105. The van der Waals surface area contributed by atoms with Crippen LogP contribution in [0.5, 0.6) is 0 Å². The van der Waals surface area contributed by atoms with E-state index in [4.69, 9.17) is 0 Å². The highest BCUT2D eigenvalue weighted by Crippen LogP contribution is 2.13. The van der Waals surface area contributed by atoms with E-state index < -0.39 is 18.2 Å². The molecule has 5 heteroatoms. The minimum atomic E-state index is -0.952. The number of aliphatic hydroxyl groups excluding tert-OH is 3. The number of allylic oxidation sites excluding steroid dienone is 5. The molecule has 0 spiro atoms. The van der Waals surface area contributed by atoms with E-state index in [0.29, 0.717) is 6.42 Å². The van der Waals surface area contributed by atoms with E-state index in [0.717, 1.165) is 38.5 Å². The van der Waals surface area contributed by atoms with Gasteiger partial charge in [0.25, 0.3) is 0 Å². The largest absolute Gasteiger partial charge is 0.394 e. The van der Waals surface area contributed by atoms with Crippen molar-refractivity contribution in [3.8, 4) is 0 Å². The van der Waals surface area contributed by atoms with Crippen LogP contribution in [0.25, 0.3) is 0 Å². The van der Waals surface area contributed by atoms with Gasteiger partial charge in [0.1, 0.15) is 0 Å². The van der Waals surface area contributed by atoms with Gasteiger partial charge in [-0.2, -0.15) is 0 Å². The van der Waals surface area contributed by atoms with Crippen molar-refractivity contribution in [2.45, 2.75) is 135 Å². The van der Waals surface area contributed by atoms with Crippen LogP contribution in [-0.2, 0) is 4.79 Å². The lowest BCUT2D eigenvalue weighted by atomic mass is 10.0. The fraction of sp³-hybridized carbons (Fsp3) is 0.759. The summed E-state index contributed by atoms with van der Waals surface area (Å²) in [7, 11) is 0. The highest BCUT2D eigenvalue weighted by atomic mass is 16.3. The van der Waals surface area contributed by atoms with Crippen molar-refractivity contribution in [3.63, 3.8) is 0 Å². The molecule has 0 saturated carbocycles. The molecule has 0 heterocycles. The molecule has 0 aromatic carbocycles. The van der Waals surface area contributed by atoms with Gasteiger partial charge in [0.05, 0.1) is 31.3 Å². The molecule has 5 nitrogen and oxygen atoms in total. The molecule has 0 aliphatic carbocycles. The van der Waals surface area contributed by atoms with Crippen molar-refractivity contribution in [2.75, 3.05) is 6.61 Å². The van der Waals surface area contributed by atoms with Crippen LogP contribution in [0.3, 0.4) is 0 Å². The van der Waals surface area contributed by atoms with Crippen LogP contribution in [0.15, 0.2) is 36.5 Å². The lowest BCUT2D eigenvalue weighted by Crippen LogP contribution is -2.45. The number of carbonyl (C=O) groups is 1. The van der Waals surface area contributed by atoms with Crippen LogP contribution in [-0.4, -0.2) is 46.1 Å². The molecular weight excluding hydrogens is 426 g/mol. The zero-order chi connectivity index (χ0) is 25.3. The van der Waals surface area contributed by atoms with E-state index in [9.17, 15) is 20.1 Å². The first-order valence-corrected chi connectivity index (χ1v) is 13.7. The van der Waals surface area contributed by atoms with Crippen molar-refractivity contribution in [3.05, 3.63) is 36.5 Å². The van der Waals surface area contributed by atoms with Gasteiger partial charge in [-0.3, -0.25) is 4.79 Å². The topological polar surface area (TPSA) is 89.8 Å². The Bertz CT molecular complexity index is 544. The molecule has 0 radical (unpaired) electrons. The van der Waals surface area contributed by atoms with E-state index >= 15 is 0 Å². The molecule has 0 aliphatic rings. The normalized spacial score (nSPS) is 14.9. The maximum absolute atomic E-state index is 12.2. The van der Waals surface area contributed by atoms with Crippen molar-refractivity contribution >= 4 is 5.91 Å². The molecule has 198 valence electrons. The average Bonchev–Trinajstić information content (AvgIpc) is 2.82. The standard InChI is InChI=1S/C29H53NO4/c1-3-5-7-9-11-13-15-16-18-20-22-26(32)24-29(34)30-27(25-31)28(33)23-21-19-17-14-12-10-8-6-4-2/h4,6,12,14,21,23,26-28,31-33H,3,5,7-11,13,15-20,22,24-25H2,1-2H3,(H,30,34)/b6-4+,14-12+,23-21+. The van der Waals surface area contributed by atoms with Gasteiger partial charge in [-0.05, 0) is 39.0 Å². The lowest BCUT2D eigenvalue weighted by molar-refractivity contribution is -0.124. The number of carbonyl (C=O) groups excluding carboxylic acids is 1. The molecule has 0 aromatic heterocycles. The molecule has 0 aliphatic heterocycles. The number of nitrogens with one attached hydrogen (secondary N) is 1. The van der Waals surface area contributed by atoms with Crippen LogP contribution in [0.2, 0.25) is 0 Å². The Morgan fingerprint density at radius 1 is 0.794 bits per heavy atom. The van der Waals surface area contributed by atoms with E-state index in [1.54, 1.807) is 6.08 Å². The number of aliphatic hydroxyl groups is 3. The zero-order valence-electron chi connectivity index (χ0n) is 22.0. The van der Waals surface area contributed by atoms with Crippen LogP contribution in [0.1, 0.15) is 117 Å². The second-order valence-corrected chi connectivity index (χ2v) is 9.30. The summed E-state index contributed by atoms with van der Waals surface area (Å²) in [4.78, 5) is 12.2. The fourth-order valence-electron chi connectivity index (χ4n) is 3.85. The minimum absolute atomic E-state index is 0.00236. The number of amides is 1. The van der Waals surface area contributed by atoms with Gasteiger partial charge in [-0.25, -0.2) is 0 Å². The summed E-state index contributed by atoms with van der Waals surface area (Å²) >= 11 is 0. The van der Waals surface area contributed by atoms with Crippen molar-refractivity contribution in [1.82, 2.24) is 5.32 Å². The van der Waals surface area contributed by atoms with Crippen molar-refractivity contribution in [1.29, 1.82) is 0 Å². The first-order chi connectivity index (χ1) is 16.5. The van der Waals surface area contributed by atoms with Gasteiger partial charge >= 0.3 is 0 Å². The Morgan fingerprint density at radius 3 is 1.88 bits per heavy atom. The Balaban J connectivity index is 3.92. The number of rotatable bonds is 23. The summed E-state index contributed by atoms with van der Waals surface area (Å²) in [6.07, 6.45) is 27.1. The van der Waals surface area contributed by atoms with Crippen LogP contribution >= 0.6 is 0 Å². The van der Waals surface area contributed by atoms with Crippen LogP contribution < -0.4 is 5.32 Å². The Kier molecular flexibility index (Phi) is 23.6. The number of hydrogen-bond donors (Lipinski definition) is 4. The second-order valence-electron chi connectivity index (χ2n) is 9.30. The number of hydrogen-bond acceptors (Lipinski definition) is 4. The molecule has 1 amide bonds. The highest BCUT2D eigenvalue weighted by molar-refractivity contribution is 5.76. The second kappa shape index (κ2) is 24.7. The van der Waals surface area contributed by atoms with Crippen molar-refractivity contribution < 1.29 is 20.1 Å². The van der Waals surface area contributed by atoms with Gasteiger partial charge in [0, 0.05) is 0 Å². The Hall–Kier alpha value is -1.43. The van der Waals surface area contributed by atoms with Crippen LogP contribution in [0.4, 0.5) is 0 Å². The molecule has 3 atom stereocenters. The van der Waals surface area contributed by atoms with E-state index in [2.05, 4.69) is 30.5 Å². The average molecular weight is 480 g/mol. The SMILES string of the molecule is C/C=C/CC/C=C/CC/C=C/C(O)C(CO)NC(=O)CC(O)CCCCCCCCCCCC. The molecule has 3 unspecified atom stereocenters. The van der Waals surface area contributed by atoms with E-state index in [-0.39, 0.29) is 18.9 Å². The Labute approximate surface area is 209 Å². The molecular formula is C29H53NO4. The summed E-state index contributed by atoms with van der Waals surface area (Å²) in [5.74, 6) is -0.338. The van der Waals surface area contributed by atoms with Crippen LogP contribution in [0, 0.1) is 0 Å². The summed E-state index contributed by atoms with van der Waals surface area (Å²) in [6.45, 7) is 3.90. The lowest BCUT2D eigenvalue weighted by Gasteiger charge is -2.21. The molecule has 4 N–H and O–H groups in total. The molecule has 0 rings (SSSR count). The van der Waals surface area contributed by atoms with Gasteiger partial charge < -0.3 is 20.6 Å². The third kappa shape index (κ3) is 21.1. The minimum Gasteiger partial charge on any atom is -0.394 e. The predicted octanol–water partition coefficient (Wildman–Crippen LogP) is 6.14. The summed E-state index contributed by atoms with van der Waals surface area (Å²) in [6, 6.07) is -0.760. The van der Waals surface area contributed by atoms with Crippen molar-refractivity contribution in [2.24, 2.45) is 0 Å². The third-order valence-electron chi connectivity index (χ3n) is 6.00. The molecule has 0 bridgehead atoms. The molecule has 0 fully saturated rings. The highest BCUT2D eigenvalue weighted by Gasteiger charge is 2.19. The first kappa shape index (κ1) is 32.6. The van der Waals surface area contributed by atoms with E-state index in [1.165, 1.54) is 51.4 Å². The molecule has 34 heavy (non-hydrogen) atoms. The Morgan fingerprint density at radius 2 is 1.32 bits per heavy atom. The zero-order valence-corrected chi connectivity index (χ0v) is 22.0. The maximum atomic E-state index is 12.2. The van der Waals surface area contributed by atoms with E-state index in [1.807, 2.05) is 19.1 Å². The summed E-state index contributed by atoms with van der Waals surface area (Å²) in [5.41, 5.74) is 0. The number of unbranched alkanes of at least 4 members (excludes halogenated alkanes) is 11. The van der Waals surface area contributed by atoms with Gasteiger partial charge in [-0.1, -0.05) is 108 Å². The fourth-order valence-corrected chi connectivity index (χ4v) is 3.85. The smallest absolute Gasteiger partial charge is 0.222 e. The maximum Gasteiger partial charge on any atom is 0.222 e. The molecule has 0 saturated heterocycles.